The molecule has 0 bridgehead atoms. The number of halogens is 3. The summed E-state index contributed by atoms with van der Waals surface area (Å²) in [6.07, 6.45) is -4.83. The van der Waals surface area contributed by atoms with Crippen LogP contribution in [0.4, 0.5) is 13.2 Å². The molecular formula is C12H10F3N3O4. The third-order valence-corrected chi connectivity index (χ3v) is 2.54. The number of aromatic nitrogens is 3. The molecule has 1 heterocycles. The summed E-state index contributed by atoms with van der Waals surface area (Å²) >= 11 is 0. The zero-order valence-corrected chi connectivity index (χ0v) is 11.2. The minimum absolute atomic E-state index is 0.0964. The van der Waals surface area contributed by atoms with Gasteiger partial charge in [0.05, 0.1) is 12.3 Å². The fraction of sp³-hybridized carbons (Fsp3) is 0.250. The largest absolute Gasteiger partial charge is 0.573 e. The average molecular weight is 317 g/mol. The summed E-state index contributed by atoms with van der Waals surface area (Å²) in [4.78, 5) is 11.1. The molecule has 2 rings (SSSR count). The predicted molar refractivity (Wildman–Crippen MR) is 65.7 cm³/mol. The SMILES string of the molecule is COCc1c(C(=O)O)nnn1-c1cccc(OC(F)(F)F)c1. The Kier molecular flexibility index (Phi) is 4.31. The lowest BCUT2D eigenvalue weighted by Gasteiger charge is -2.11. The molecule has 1 aromatic heterocycles. The Balaban J connectivity index is 2.44. The van der Waals surface area contributed by atoms with Gasteiger partial charge in [0.25, 0.3) is 0 Å². The first-order valence-corrected chi connectivity index (χ1v) is 5.85. The molecule has 10 heteroatoms. The van der Waals surface area contributed by atoms with Crippen LogP contribution in [0.5, 0.6) is 5.75 Å². The summed E-state index contributed by atoms with van der Waals surface area (Å²) in [6, 6.07) is 4.92. The molecule has 0 saturated carbocycles. The van der Waals surface area contributed by atoms with E-state index >= 15 is 0 Å². The summed E-state index contributed by atoms with van der Waals surface area (Å²) in [5, 5.41) is 16.1. The van der Waals surface area contributed by atoms with Crippen LogP contribution >= 0.6 is 0 Å². The van der Waals surface area contributed by atoms with Gasteiger partial charge in [-0.15, -0.1) is 18.3 Å². The number of alkyl halides is 3. The molecule has 1 N–H and O–H groups in total. The normalized spacial score (nSPS) is 11.5. The number of benzene rings is 1. The maximum Gasteiger partial charge on any atom is 0.573 e. The smallest absolute Gasteiger partial charge is 0.476 e. The predicted octanol–water partition coefficient (Wildman–Crippen LogP) is 2.01. The van der Waals surface area contributed by atoms with E-state index in [1.165, 1.54) is 19.2 Å². The van der Waals surface area contributed by atoms with Gasteiger partial charge in [-0.25, -0.2) is 9.48 Å². The molecule has 2 aromatic rings. The van der Waals surface area contributed by atoms with Crippen molar-refractivity contribution in [3.8, 4) is 11.4 Å². The fourth-order valence-electron chi connectivity index (χ4n) is 1.75. The Morgan fingerprint density at radius 1 is 1.41 bits per heavy atom. The van der Waals surface area contributed by atoms with Gasteiger partial charge in [-0.3, -0.25) is 0 Å². The second-order valence-corrected chi connectivity index (χ2v) is 4.08. The van der Waals surface area contributed by atoms with Crippen molar-refractivity contribution in [3.05, 3.63) is 35.7 Å². The highest BCUT2D eigenvalue weighted by Gasteiger charge is 2.31. The van der Waals surface area contributed by atoms with Crippen LogP contribution in [0, 0.1) is 0 Å². The molecule has 7 nitrogen and oxygen atoms in total. The van der Waals surface area contributed by atoms with Crippen LogP contribution in [-0.4, -0.2) is 39.5 Å². The van der Waals surface area contributed by atoms with Crippen LogP contribution in [-0.2, 0) is 11.3 Å². The third kappa shape index (κ3) is 3.52. The van der Waals surface area contributed by atoms with Gasteiger partial charge in [-0.05, 0) is 12.1 Å². The Morgan fingerprint density at radius 3 is 2.73 bits per heavy atom. The van der Waals surface area contributed by atoms with Gasteiger partial charge in [0.1, 0.15) is 11.4 Å². The number of aromatic carboxylic acids is 1. The molecule has 22 heavy (non-hydrogen) atoms. The summed E-state index contributed by atoms with van der Waals surface area (Å²) in [5.41, 5.74) is -0.0862. The standard InChI is InChI=1S/C12H10F3N3O4/c1-21-6-9-10(11(19)20)16-17-18(9)7-3-2-4-8(5-7)22-12(13,14)15/h2-5H,6H2,1H3,(H,19,20). The van der Waals surface area contributed by atoms with Crippen LogP contribution < -0.4 is 4.74 Å². The lowest BCUT2D eigenvalue weighted by atomic mass is 10.2. The number of ether oxygens (including phenoxy) is 2. The van der Waals surface area contributed by atoms with Gasteiger partial charge >= 0.3 is 12.3 Å². The van der Waals surface area contributed by atoms with E-state index in [1.807, 2.05) is 0 Å². The summed E-state index contributed by atoms with van der Waals surface area (Å²) in [5.74, 6) is -1.78. The van der Waals surface area contributed by atoms with E-state index in [9.17, 15) is 18.0 Å². The number of carbonyl (C=O) groups is 1. The number of rotatable bonds is 5. The second kappa shape index (κ2) is 6.02. The van der Waals surface area contributed by atoms with Crippen LogP contribution in [0.3, 0.4) is 0 Å². The molecule has 118 valence electrons. The lowest BCUT2D eigenvalue weighted by molar-refractivity contribution is -0.274. The van der Waals surface area contributed by atoms with Crippen LogP contribution in [0.1, 0.15) is 16.2 Å². The van der Waals surface area contributed by atoms with Crippen molar-refractivity contribution < 1.29 is 32.5 Å². The number of nitrogens with zero attached hydrogens (tertiary/aromatic N) is 3. The zero-order chi connectivity index (χ0) is 16.3. The lowest BCUT2D eigenvalue weighted by Crippen LogP contribution is -2.17. The average Bonchev–Trinajstić information content (AvgIpc) is 2.81. The molecule has 0 unspecified atom stereocenters. The molecule has 1 aromatic carbocycles. The first-order valence-electron chi connectivity index (χ1n) is 5.85. The van der Waals surface area contributed by atoms with Crippen molar-refractivity contribution in [2.24, 2.45) is 0 Å². The van der Waals surface area contributed by atoms with Gasteiger partial charge in [-0.1, -0.05) is 11.3 Å². The van der Waals surface area contributed by atoms with Crippen molar-refractivity contribution in [2.75, 3.05) is 7.11 Å². The first kappa shape index (κ1) is 15.8. The highest BCUT2D eigenvalue weighted by Crippen LogP contribution is 2.25. The van der Waals surface area contributed by atoms with Crippen molar-refractivity contribution in [1.29, 1.82) is 0 Å². The minimum atomic E-state index is -4.83. The Bertz CT molecular complexity index is 684. The summed E-state index contributed by atoms with van der Waals surface area (Å²) in [6.45, 7) is -0.126. The molecular weight excluding hydrogens is 307 g/mol. The van der Waals surface area contributed by atoms with Gasteiger partial charge in [0.15, 0.2) is 5.69 Å². The van der Waals surface area contributed by atoms with Gasteiger partial charge in [-0.2, -0.15) is 0 Å². The third-order valence-electron chi connectivity index (χ3n) is 2.54. The molecule has 0 aliphatic carbocycles. The van der Waals surface area contributed by atoms with Gasteiger partial charge in [0, 0.05) is 13.2 Å². The molecule has 0 radical (unpaired) electrons. The Labute approximate surface area is 121 Å². The monoisotopic (exact) mass is 317 g/mol. The summed E-state index contributed by atoms with van der Waals surface area (Å²) in [7, 11) is 1.34. The summed E-state index contributed by atoms with van der Waals surface area (Å²) < 4.78 is 46.5. The quantitative estimate of drug-likeness (QED) is 0.908. The van der Waals surface area contributed by atoms with E-state index in [1.54, 1.807) is 0 Å². The number of hydrogen-bond donors (Lipinski definition) is 1. The topological polar surface area (TPSA) is 86.5 Å². The van der Waals surface area contributed by atoms with Crippen LogP contribution in [0.15, 0.2) is 24.3 Å². The maximum atomic E-state index is 12.2. The van der Waals surface area contributed by atoms with Crippen molar-refractivity contribution >= 4 is 5.97 Å². The highest BCUT2D eigenvalue weighted by molar-refractivity contribution is 5.86. The molecule has 0 aliphatic heterocycles. The number of carboxylic acid groups (broad SMARTS) is 1. The molecule has 0 amide bonds. The highest BCUT2D eigenvalue weighted by atomic mass is 19.4. The minimum Gasteiger partial charge on any atom is -0.476 e. The Hall–Kier alpha value is -2.62. The van der Waals surface area contributed by atoms with Gasteiger partial charge < -0.3 is 14.6 Å². The van der Waals surface area contributed by atoms with E-state index in [2.05, 4.69) is 15.0 Å². The van der Waals surface area contributed by atoms with Crippen LogP contribution in [0.2, 0.25) is 0 Å². The number of hydrogen-bond acceptors (Lipinski definition) is 5. The van der Waals surface area contributed by atoms with Crippen molar-refractivity contribution in [2.45, 2.75) is 13.0 Å². The molecule has 0 atom stereocenters. The van der Waals surface area contributed by atoms with E-state index in [0.717, 1.165) is 16.8 Å². The van der Waals surface area contributed by atoms with E-state index in [0.29, 0.717) is 0 Å². The fourth-order valence-corrected chi connectivity index (χ4v) is 1.75. The van der Waals surface area contributed by atoms with E-state index < -0.39 is 18.1 Å². The maximum absolute atomic E-state index is 12.2. The molecule has 0 spiro atoms. The molecule has 0 aliphatic rings. The van der Waals surface area contributed by atoms with E-state index in [-0.39, 0.29) is 23.7 Å². The molecule has 0 saturated heterocycles. The Morgan fingerprint density at radius 2 is 2.14 bits per heavy atom. The first-order chi connectivity index (χ1) is 10.3. The van der Waals surface area contributed by atoms with E-state index in [4.69, 9.17) is 9.84 Å². The number of methoxy groups -OCH3 is 1. The van der Waals surface area contributed by atoms with Crippen LogP contribution in [0.25, 0.3) is 5.69 Å². The number of carboxylic acids is 1. The molecule has 0 fully saturated rings. The second-order valence-electron chi connectivity index (χ2n) is 4.08. The van der Waals surface area contributed by atoms with Crippen molar-refractivity contribution in [3.63, 3.8) is 0 Å². The zero-order valence-electron chi connectivity index (χ0n) is 11.2. The van der Waals surface area contributed by atoms with Crippen molar-refractivity contribution in [1.82, 2.24) is 15.0 Å². The van der Waals surface area contributed by atoms with Gasteiger partial charge in [0.2, 0.25) is 0 Å².